The molecule has 96 valence electrons. The summed E-state index contributed by atoms with van der Waals surface area (Å²) in [5, 5.41) is 11.6. The lowest BCUT2D eigenvalue weighted by atomic mass is 10.2. The van der Waals surface area contributed by atoms with E-state index in [1.165, 1.54) is 12.1 Å². The van der Waals surface area contributed by atoms with Crippen molar-refractivity contribution in [2.45, 2.75) is 6.92 Å². The minimum atomic E-state index is -1.06. The topological polar surface area (TPSA) is 79.3 Å². The lowest BCUT2D eigenvalue weighted by Gasteiger charge is -2.06. The monoisotopic (exact) mass is 256 g/mol. The maximum Gasteiger partial charge on any atom is 0.337 e. The summed E-state index contributed by atoms with van der Waals surface area (Å²) in [6.07, 6.45) is 0. The highest BCUT2D eigenvalue weighted by Crippen LogP contribution is 2.10. The number of hydrogen-bond acceptors (Lipinski definition) is 3. The van der Waals surface area contributed by atoms with Gasteiger partial charge >= 0.3 is 5.97 Å². The smallest absolute Gasteiger partial charge is 0.337 e. The molecule has 0 saturated heterocycles. The van der Waals surface area contributed by atoms with Crippen LogP contribution in [0.25, 0.3) is 0 Å². The first-order valence-electron chi connectivity index (χ1n) is 5.65. The molecule has 0 spiro atoms. The van der Waals surface area contributed by atoms with Gasteiger partial charge in [-0.05, 0) is 31.2 Å². The number of para-hydroxylation sites is 1. The molecule has 0 aliphatic rings. The standard InChI is InChI=1S/C14H12N2O3/c1-9-11(14(18)19)7-8-12(15-9)13(17)16-10-5-3-2-4-6-10/h2-8H,1H3,(H,16,17)(H,18,19). The van der Waals surface area contributed by atoms with Crippen molar-refractivity contribution in [2.75, 3.05) is 5.32 Å². The summed E-state index contributed by atoms with van der Waals surface area (Å²) in [5.41, 5.74) is 1.25. The van der Waals surface area contributed by atoms with Crippen LogP contribution in [0.2, 0.25) is 0 Å². The quantitative estimate of drug-likeness (QED) is 0.883. The first-order chi connectivity index (χ1) is 9.08. The van der Waals surface area contributed by atoms with E-state index in [0.717, 1.165) is 0 Å². The number of carboxylic acid groups (broad SMARTS) is 1. The number of carbonyl (C=O) groups is 2. The summed E-state index contributed by atoms with van der Waals surface area (Å²) in [5.74, 6) is -1.42. The van der Waals surface area contributed by atoms with E-state index < -0.39 is 5.97 Å². The Morgan fingerprint density at radius 2 is 1.79 bits per heavy atom. The van der Waals surface area contributed by atoms with Crippen molar-refractivity contribution in [3.05, 3.63) is 59.4 Å². The van der Waals surface area contributed by atoms with Crippen LogP contribution in [0, 0.1) is 6.92 Å². The minimum Gasteiger partial charge on any atom is -0.478 e. The number of anilines is 1. The van der Waals surface area contributed by atoms with Crippen LogP contribution in [0.5, 0.6) is 0 Å². The number of carboxylic acids is 1. The van der Waals surface area contributed by atoms with Gasteiger partial charge in [0.05, 0.1) is 11.3 Å². The summed E-state index contributed by atoms with van der Waals surface area (Å²) in [7, 11) is 0. The lowest BCUT2D eigenvalue weighted by Crippen LogP contribution is -2.15. The first-order valence-corrected chi connectivity index (χ1v) is 5.65. The molecule has 0 aliphatic carbocycles. The molecule has 19 heavy (non-hydrogen) atoms. The third-order valence-electron chi connectivity index (χ3n) is 2.58. The van der Waals surface area contributed by atoms with Crippen LogP contribution >= 0.6 is 0 Å². The van der Waals surface area contributed by atoms with Crippen LogP contribution in [0.1, 0.15) is 26.5 Å². The van der Waals surface area contributed by atoms with Gasteiger partial charge in [-0.2, -0.15) is 0 Å². The summed E-state index contributed by atoms with van der Waals surface area (Å²) in [6.45, 7) is 1.56. The number of aryl methyl sites for hydroxylation is 1. The van der Waals surface area contributed by atoms with Crippen molar-refractivity contribution >= 4 is 17.6 Å². The van der Waals surface area contributed by atoms with E-state index in [0.29, 0.717) is 11.4 Å². The number of benzene rings is 1. The Hall–Kier alpha value is -2.69. The molecule has 5 heteroatoms. The van der Waals surface area contributed by atoms with Crippen LogP contribution in [0.15, 0.2) is 42.5 Å². The average molecular weight is 256 g/mol. The second-order valence-electron chi connectivity index (χ2n) is 3.95. The summed E-state index contributed by atoms with van der Waals surface area (Å²) >= 11 is 0. The Morgan fingerprint density at radius 1 is 1.11 bits per heavy atom. The Labute approximate surface area is 109 Å². The van der Waals surface area contributed by atoms with Gasteiger partial charge in [-0.25, -0.2) is 9.78 Å². The Kier molecular flexibility index (Phi) is 3.56. The van der Waals surface area contributed by atoms with Gasteiger partial charge in [0.1, 0.15) is 5.69 Å². The Bertz CT molecular complexity index is 624. The molecule has 0 radical (unpaired) electrons. The second-order valence-corrected chi connectivity index (χ2v) is 3.95. The molecule has 0 saturated carbocycles. The molecule has 2 N–H and O–H groups in total. The SMILES string of the molecule is Cc1nc(C(=O)Nc2ccccc2)ccc1C(=O)O. The maximum absolute atomic E-state index is 11.9. The Balaban J connectivity index is 2.21. The lowest BCUT2D eigenvalue weighted by molar-refractivity contribution is 0.0695. The molecular formula is C14H12N2O3. The molecule has 2 aromatic rings. The third-order valence-corrected chi connectivity index (χ3v) is 2.58. The van der Waals surface area contributed by atoms with E-state index in [1.807, 2.05) is 18.2 Å². The van der Waals surface area contributed by atoms with E-state index in [1.54, 1.807) is 19.1 Å². The van der Waals surface area contributed by atoms with Gasteiger partial charge in [-0.1, -0.05) is 18.2 Å². The largest absolute Gasteiger partial charge is 0.478 e. The minimum absolute atomic E-state index is 0.0938. The zero-order valence-electron chi connectivity index (χ0n) is 10.3. The fraction of sp³-hybridized carbons (Fsp3) is 0.0714. The number of amides is 1. The normalized spacial score (nSPS) is 9.95. The maximum atomic E-state index is 11.9. The summed E-state index contributed by atoms with van der Waals surface area (Å²) < 4.78 is 0. The molecular weight excluding hydrogens is 244 g/mol. The fourth-order valence-corrected chi connectivity index (χ4v) is 1.63. The van der Waals surface area contributed by atoms with Crippen LogP contribution < -0.4 is 5.32 Å². The number of nitrogens with zero attached hydrogens (tertiary/aromatic N) is 1. The molecule has 1 amide bonds. The van der Waals surface area contributed by atoms with Crippen molar-refractivity contribution in [2.24, 2.45) is 0 Å². The first kappa shape index (κ1) is 12.8. The van der Waals surface area contributed by atoms with Gasteiger partial charge in [-0.3, -0.25) is 4.79 Å². The highest BCUT2D eigenvalue weighted by molar-refractivity contribution is 6.03. The predicted octanol–water partition coefficient (Wildman–Crippen LogP) is 2.34. The zero-order valence-corrected chi connectivity index (χ0v) is 10.3. The van der Waals surface area contributed by atoms with Crippen molar-refractivity contribution in [1.82, 2.24) is 4.98 Å². The molecule has 0 unspecified atom stereocenters. The molecule has 0 fully saturated rings. The molecule has 1 heterocycles. The van der Waals surface area contributed by atoms with Gasteiger partial charge < -0.3 is 10.4 Å². The van der Waals surface area contributed by atoms with Gasteiger partial charge in [0.25, 0.3) is 5.91 Å². The highest BCUT2D eigenvalue weighted by atomic mass is 16.4. The van der Waals surface area contributed by atoms with Crippen LogP contribution in [0.3, 0.4) is 0 Å². The molecule has 0 atom stereocenters. The van der Waals surface area contributed by atoms with E-state index in [2.05, 4.69) is 10.3 Å². The van der Waals surface area contributed by atoms with Crippen molar-refractivity contribution in [3.63, 3.8) is 0 Å². The molecule has 0 bridgehead atoms. The molecule has 2 rings (SSSR count). The van der Waals surface area contributed by atoms with E-state index in [9.17, 15) is 9.59 Å². The molecule has 1 aromatic carbocycles. The van der Waals surface area contributed by atoms with E-state index in [-0.39, 0.29) is 17.2 Å². The van der Waals surface area contributed by atoms with Gasteiger partial charge in [0.15, 0.2) is 0 Å². The van der Waals surface area contributed by atoms with Gasteiger partial charge in [0.2, 0.25) is 0 Å². The fourth-order valence-electron chi connectivity index (χ4n) is 1.63. The zero-order chi connectivity index (χ0) is 13.8. The van der Waals surface area contributed by atoms with Gasteiger partial charge in [0, 0.05) is 5.69 Å². The number of aromatic carboxylic acids is 1. The average Bonchev–Trinajstić information content (AvgIpc) is 2.39. The van der Waals surface area contributed by atoms with E-state index in [4.69, 9.17) is 5.11 Å². The van der Waals surface area contributed by atoms with Crippen LogP contribution in [-0.4, -0.2) is 22.0 Å². The number of rotatable bonds is 3. The Morgan fingerprint density at radius 3 is 2.37 bits per heavy atom. The van der Waals surface area contributed by atoms with Crippen LogP contribution in [-0.2, 0) is 0 Å². The summed E-state index contributed by atoms with van der Waals surface area (Å²) in [6, 6.07) is 11.8. The second kappa shape index (κ2) is 5.30. The number of hydrogen-bond donors (Lipinski definition) is 2. The third kappa shape index (κ3) is 2.95. The summed E-state index contributed by atoms with van der Waals surface area (Å²) in [4.78, 5) is 26.8. The number of nitrogens with one attached hydrogen (secondary N) is 1. The number of carbonyl (C=O) groups excluding carboxylic acids is 1. The highest BCUT2D eigenvalue weighted by Gasteiger charge is 2.13. The van der Waals surface area contributed by atoms with Crippen LogP contribution in [0.4, 0.5) is 5.69 Å². The van der Waals surface area contributed by atoms with Gasteiger partial charge in [-0.15, -0.1) is 0 Å². The van der Waals surface area contributed by atoms with E-state index >= 15 is 0 Å². The molecule has 1 aromatic heterocycles. The molecule has 0 aliphatic heterocycles. The number of pyridine rings is 1. The van der Waals surface area contributed by atoms with Crippen molar-refractivity contribution < 1.29 is 14.7 Å². The van der Waals surface area contributed by atoms with Crippen molar-refractivity contribution in [1.29, 1.82) is 0 Å². The predicted molar refractivity (Wildman–Crippen MR) is 70.3 cm³/mol. The van der Waals surface area contributed by atoms with Crippen molar-refractivity contribution in [3.8, 4) is 0 Å². The number of aromatic nitrogens is 1. The molecule has 5 nitrogen and oxygen atoms in total.